The zero-order valence-electron chi connectivity index (χ0n) is 36.5. The third kappa shape index (κ3) is 40.0. The lowest BCUT2D eigenvalue weighted by Crippen LogP contribution is -2.29. The molecule has 60 heavy (non-hydrogen) atoms. The van der Waals surface area contributed by atoms with Gasteiger partial charge in [0.05, 0.1) is 44.9 Å². The van der Waals surface area contributed by atoms with E-state index >= 15 is 0 Å². The van der Waals surface area contributed by atoms with E-state index in [-0.39, 0.29) is 95.3 Å². The number of hydrogen-bond donors (Lipinski definition) is 5. The van der Waals surface area contributed by atoms with Crippen LogP contribution >= 0.6 is 0 Å². The van der Waals surface area contributed by atoms with Crippen molar-refractivity contribution in [2.45, 2.75) is 161 Å². The van der Waals surface area contributed by atoms with Gasteiger partial charge in [-0.05, 0) is 38.5 Å². The Kier molecular flexibility index (Phi) is 38.5. The number of hydrogen-bond acceptors (Lipinski definition) is 11. The monoisotopic (exact) mass is 859 g/mol. The Morgan fingerprint density at radius 3 is 1.50 bits per heavy atom. The van der Waals surface area contributed by atoms with Gasteiger partial charge >= 0.3 is 17.9 Å². The summed E-state index contributed by atoms with van der Waals surface area (Å²) in [6.07, 6.45) is 18.8. The van der Waals surface area contributed by atoms with Crippen molar-refractivity contribution < 1.29 is 67.8 Å². The molecule has 0 saturated carbocycles. The summed E-state index contributed by atoms with van der Waals surface area (Å²) in [7, 11) is 0. The first kappa shape index (κ1) is 56.5. The van der Waals surface area contributed by atoms with Crippen LogP contribution in [-0.2, 0) is 52.5 Å². The van der Waals surface area contributed by atoms with Crippen molar-refractivity contribution in [3.8, 4) is 0 Å². The van der Waals surface area contributed by atoms with Crippen LogP contribution in [0.5, 0.6) is 0 Å². The molecule has 0 aliphatic rings. The van der Waals surface area contributed by atoms with Gasteiger partial charge in [-0.25, -0.2) is 0 Å². The van der Waals surface area contributed by atoms with Crippen LogP contribution < -0.4 is 10.6 Å². The van der Waals surface area contributed by atoms with E-state index in [1.807, 2.05) is 0 Å². The number of carbonyl (C=O) groups is 7. The van der Waals surface area contributed by atoms with E-state index in [1.54, 1.807) is 6.92 Å². The van der Waals surface area contributed by atoms with Crippen LogP contribution in [0.2, 0.25) is 0 Å². The number of rotatable bonds is 46. The van der Waals surface area contributed by atoms with E-state index < -0.39 is 29.7 Å². The van der Waals surface area contributed by atoms with Crippen molar-refractivity contribution in [3.63, 3.8) is 0 Å². The number of Topliss-reactive ketones (excluding diaryl/α,β-unsaturated/α-hetero) is 2. The van der Waals surface area contributed by atoms with Crippen LogP contribution in [0.25, 0.3) is 0 Å². The number of carbonyl (C=O) groups excluding carboxylic acids is 4. The smallest absolute Gasteiger partial charge is 0.306 e. The largest absolute Gasteiger partial charge is 0.481 e. The first-order chi connectivity index (χ1) is 28.9. The van der Waals surface area contributed by atoms with Gasteiger partial charge in [0.2, 0.25) is 11.8 Å². The number of amides is 2. The highest BCUT2D eigenvalue weighted by atomic mass is 16.5. The minimum absolute atomic E-state index is 0.00206. The summed E-state index contributed by atoms with van der Waals surface area (Å²) >= 11 is 0. The summed E-state index contributed by atoms with van der Waals surface area (Å²) in [6, 6.07) is 0. The highest BCUT2D eigenvalue weighted by molar-refractivity contribution is 5.84. The van der Waals surface area contributed by atoms with Crippen LogP contribution in [-0.4, -0.2) is 123 Å². The Morgan fingerprint density at radius 1 is 0.433 bits per heavy atom. The number of aliphatic carboxylic acids is 3. The van der Waals surface area contributed by atoms with E-state index in [4.69, 9.17) is 29.2 Å². The molecule has 2 atom stereocenters. The second-order valence-electron chi connectivity index (χ2n) is 15.6. The van der Waals surface area contributed by atoms with Gasteiger partial charge in [-0.3, -0.25) is 33.6 Å². The van der Waals surface area contributed by atoms with Crippen LogP contribution in [0.3, 0.4) is 0 Å². The summed E-state index contributed by atoms with van der Waals surface area (Å²) in [5.41, 5.74) is 0. The van der Waals surface area contributed by atoms with E-state index in [1.165, 1.54) is 44.9 Å². The molecule has 0 aromatic carbocycles. The highest BCUT2D eigenvalue weighted by Gasteiger charge is 2.22. The van der Waals surface area contributed by atoms with Crippen molar-refractivity contribution in [2.24, 2.45) is 11.8 Å². The number of carboxylic acid groups (broad SMARTS) is 3. The van der Waals surface area contributed by atoms with Crippen molar-refractivity contribution in [3.05, 3.63) is 0 Å². The molecule has 0 radical (unpaired) electrons. The zero-order chi connectivity index (χ0) is 44.5. The minimum Gasteiger partial charge on any atom is -0.481 e. The SMILES string of the molecule is C[C@@H](CCCCNC(=O)COCCOCCCC(=O)COCCOCCNC(=O)CC[C@H](CC(=O)CCCCCCCCCCCCCCCCC(=O)O)C(=O)O)C(=O)O. The maximum absolute atomic E-state index is 12.4. The van der Waals surface area contributed by atoms with Gasteiger partial charge in [0, 0.05) is 51.8 Å². The van der Waals surface area contributed by atoms with E-state index in [2.05, 4.69) is 10.6 Å². The van der Waals surface area contributed by atoms with Gasteiger partial charge in [0.1, 0.15) is 19.0 Å². The van der Waals surface area contributed by atoms with Gasteiger partial charge in [0.15, 0.2) is 5.78 Å². The molecule has 16 nitrogen and oxygen atoms in total. The minimum atomic E-state index is -1.07. The lowest BCUT2D eigenvalue weighted by molar-refractivity contribution is -0.144. The maximum atomic E-state index is 12.4. The van der Waals surface area contributed by atoms with Crippen molar-refractivity contribution >= 4 is 41.3 Å². The Morgan fingerprint density at radius 2 is 0.933 bits per heavy atom. The first-order valence-corrected chi connectivity index (χ1v) is 22.5. The van der Waals surface area contributed by atoms with Crippen LogP contribution in [0.1, 0.15) is 161 Å². The second-order valence-corrected chi connectivity index (χ2v) is 15.6. The van der Waals surface area contributed by atoms with Crippen molar-refractivity contribution in [1.82, 2.24) is 10.6 Å². The molecule has 0 saturated heterocycles. The van der Waals surface area contributed by atoms with Gasteiger partial charge in [-0.15, -0.1) is 0 Å². The van der Waals surface area contributed by atoms with Crippen molar-refractivity contribution in [1.29, 1.82) is 0 Å². The molecule has 2 amide bonds. The molecule has 0 aromatic heterocycles. The standard InChI is InChI=1S/C44H78N2O14/c1-36(43(53)54)19-16-17-25-45-41(50)35-60-32-29-57-27-18-21-39(48)34-59-31-30-58-28-26-46-40(49)24-23-37(44(55)56)33-38(47)20-14-12-10-8-6-4-2-3-5-7-9-11-13-15-22-42(51)52/h36-37H,2-35H2,1H3,(H,45,50)(H,46,49)(H,51,52)(H,53,54)(H,55,56)/t36-,37+/m0/s1. The Labute approximate surface area is 357 Å². The summed E-state index contributed by atoms with van der Waals surface area (Å²) < 4.78 is 21.4. The summed E-state index contributed by atoms with van der Waals surface area (Å²) in [5.74, 6) is -4.58. The average molecular weight is 859 g/mol. The number of carboxylic acids is 3. The molecule has 348 valence electrons. The summed E-state index contributed by atoms with van der Waals surface area (Å²) in [5, 5.41) is 32.5. The fourth-order valence-corrected chi connectivity index (χ4v) is 6.28. The maximum Gasteiger partial charge on any atom is 0.306 e. The lowest BCUT2D eigenvalue weighted by atomic mass is 9.94. The topological polar surface area (TPSA) is 241 Å². The Balaban J connectivity index is 3.65. The molecule has 0 spiro atoms. The molecule has 0 aliphatic heterocycles. The third-order valence-corrected chi connectivity index (χ3v) is 10.0. The molecule has 0 rings (SSSR count). The molecular formula is C44H78N2O14. The average Bonchev–Trinajstić information content (AvgIpc) is 3.20. The fraction of sp³-hybridized carbons (Fsp3) is 0.841. The van der Waals surface area contributed by atoms with E-state index in [0.29, 0.717) is 51.9 Å². The van der Waals surface area contributed by atoms with Crippen LogP contribution in [0, 0.1) is 11.8 Å². The molecule has 0 unspecified atom stereocenters. The Bertz CT molecular complexity index is 1170. The predicted octanol–water partition coefficient (Wildman–Crippen LogP) is 6.29. The van der Waals surface area contributed by atoms with Gasteiger partial charge in [-0.2, -0.15) is 0 Å². The van der Waals surface area contributed by atoms with E-state index in [0.717, 1.165) is 51.4 Å². The zero-order valence-corrected chi connectivity index (χ0v) is 36.5. The predicted molar refractivity (Wildman–Crippen MR) is 226 cm³/mol. The molecule has 5 N–H and O–H groups in total. The third-order valence-electron chi connectivity index (χ3n) is 10.0. The fourth-order valence-electron chi connectivity index (χ4n) is 6.28. The highest BCUT2D eigenvalue weighted by Crippen LogP contribution is 2.17. The number of unbranched alkanes of at least 4 members (excludes halogenated alkanes) is 14. The number of ether oxygens (including phenoxy) is 4. The Hall–Kier alpha value is -3.47. The molecule has 0 fully saturated rings. The lowest BCUT2D eigenvalue weighted by Gasteiger charge is -2.12. The number of ketones is 2. The second kappa shape index (κ2) is 40.9. The van der Waals surface area contributed by atoms with E-state index in [9.17, 15) is 38.7 Å². The van der Waals surface area contributed by atoms with Crippen molar-refractivity contribution in [2.75, 3.05) is 65.9 Å². The first-order valence-electron chi connectivity index (χ1n) is 22.5. The van der Waals surface area contributed by atoms with Gasteiger partial charge in [0.25, 0.3) is 0 Å². The summed E-state index contributed by atoms with van der Waals surface area (Å²) in [4.78, 5) is 81.4. The molecule has 0 aromatic rings. The molecule has 16 heteroatoms. The van der Waals surface area contributed by atoms with Gasteiger partial charge < -0.3 is 44.9 Å². The molecule has 0 heterocycles. The molecule has 0 bridgehead atoms. The van der Waals surface area contributed by atoms with Crippen LogP contribution in [0.4, 0.5) is 0 Å². The van der Waals surface area contributed by atoms with Gasteiger partial charge in [-0.1, -0.05) is 90.4 Å². The normalized spacial score (nSPS) is 12.2. The number of nitrogens with one attached hydrogen (secondary N) is 2. The van der Waals surface area contributed by atoms with Crippen LogP contribution in [0.15, 0.2) is 0 Å². The summed E-state index contributed by atoms with van der Waals surface area (Å²) in [6.45, 7) is 3.81. The molecule has 0 aliphatic carbocycles. The quantitative estimate of drug-likeness (QED) is 0.0423. The molecular weight excluding hydrogens is 780 g/mol.